The zero-order valence-corrected chi connectivity index (χ0v) is 12.3. The monoisotopic (exact) mass is 306 g/mol. The molecule has 1 aromatic heterocycles. The maximum Gasteiger partial charge on any atom is 0.203 e. The molecule has 0 radical (unpaired) electrons. The van der Waals surface area contributed by atoms with Gasteiger partial charge < -0.3 is 19.5 Å². The molecule has 0 atom stereocenters. The number of aromatic nitrogens is 1. The molecule has 1 aliphatic rings. The highest BCUT2D eigenvalue weighted by molar-refractivity contribution is 6.29. The van der Waals surface area contributed by atoms with Gasteiger partial charge in [0.25, 0.3) is 0 Å². The second-order valence-electron chi connectivity index (χ2n) is 4.52. The predicted molar refractivity (Wildman–Crippen MR) is 80.6 cm³/mol. The van der Waals surface area contributed by atoms with Gasteiger partial charge in [0.1, 0.15) is 24.2 Å². The lowest BCUT2D eigenvalue weighted by atomic mass is 10.1. The highest BCUT2D eigenvalue weighted by atomic mass is 35.5. The number of nitrogens with zero attached hydrogens (tertiary/aromatic N) is 1. The molecule has 0 saturated heterocycles. The molecule has 1 N–H and O–H groups in total. The van der Waals surface area contributed by atoms with Crippen molar-refractivity contribution in [3.63, 3.8) is 0 Å². The largest absolute Gasteiger partial charge is 0.493 e. The molecule has 0 unspecified atom stereocenters. The van der Waals surface area contributed by atoms with Crippen LogP contribution < -0.4 is 19.5 Å². The summed E-state index contributed by atoms with van der Waals surface area (Å²) in [6.07, 6.45) is 0. The summed E-state index contributed by atoms with van der Waals surface area (Å²) >= 11 is 5.86. The highest BCUT2D eigenvalue weighted by Crippen LogP contribution is 2.40. The standard InChI is InChI=1S/C15H15ClN2O3/c1-19-11-7-10(8-12-15(11)21-6-5-20-12)9-17-14-4-2-3-13(16)18-14/h2-4,7-8H,5-6,9H2,1H3,(H,17,18). The molecular weight excluding hydrogens is 292 g/mol. The number of fused-ring (bicyclic) bond motifs is 1. The van der Waals surface area contributed by atoms with Gasteiger partial charge in [-0.2, -0.15) is 0 Å². The van der Waals surface area contributed by atoms with E-state index in [2.05, 4.69) is 10.3 Å². The first-order valence-corrected chi connectivity index (χ1v) is 6.97. The number of benzene rings is 1. The van der Waals surface area contributed by atoms with Crippen LogP contribution in [0.3, 0.4) is 0 Å². The van der Waals surface area contributed by atoms with Gasteiger partial charge in [0.2, 0.25) is 5.75 Å². The lowest BCUT2D eigenvalue weighted by Crippen LogP contribution is -2.16. The maximum atomic E-state index is 5.86. The van der Waals surface area contributed by atoms with Gasteiger partial charge in [-0.1, -0.05) is 17.7 Å². The molecule has 0 aliphatic carbocycles. The Morgan fingerprint density at radius 3 is 2.95 bits per heavy atom. The first kappa shape index (κ1) is 13.8. The summed E-state index contributed by atoms with van der Waals surface area (Å²) < 4.78 is 16.5. The average molecular weight is 307 g/mol. The fourth-order valence-electron chi connectivity index (χ4n) is 2.13. The number of nitrogens with one attached hydrogen (secondary N) is 1. The lowest BCUT2D eigenvalue weighted by molar-refractivity contribution is 0.165. The SMILES string of the molecule is COc1cc(CNc2cccc(Cl)n2)cc2c1OCCO2. The molecule has 110 valence electrons. The Bertz CT molecular complexity index is 632. The molecule has 0 saturated carbocycles. The Balaban J connectivity index is 1.79. The van der Waals surface area contributed by atoms with E-state index in [0.717, 1.165) is 11.4 Å². The zero-order chi connectivity index (χ0) is 14.7. The van der Waals surface area contributed by atoms with E-state index in [-0.39, 0.29) is 0 Å². The summed E-state index contributed by atoms with van der Waals surface area (Å²) in [4.78, 5) is 4.19. The summed E-state index contributed by atoms with van der Waals surface area (Å²) in [5, 5.41) is 3.67. The van der Waals surface area contributed by atoms with Crippen molar-refractivity contribution < 1.29 is 14.2 Å². The van der Waals surface area contributed by atoms with Gasteiger partial charge in [-0.05, 0) is 29.8 Å². The topological polar surface area (TPSA) is 52.6 Å². The maximum absolute atomic E-state index is 5.86. The zero-order valence-electron chi connectivity index (χ0n) is 11.6. The summed E-state index contributed by atoms with van der Waals surface area (Å²) in [6, 6.07) is 9.31. The smallest absolute Gasteiger partial charge is 0.203 e. The van der Waals surface area contributed by atoms with Crippen LogP contribution in [0.1, 0.15) is 5.56 Å². The number of ether oxygens (including phenoxy) is 3. The minimum atomic E-state index is 0.458. The van der Waals surface area contributed by atoms with Gasteiger partial charge in [0.05, 0.1) is 7.11 Å². The summed E-state index contributed by atoms with van der Waals surface area (Å²) in [6.45, 7) is 1.66. The molecular formula is C15H15ClN2O3. The summed E-state index contributed by atoms with van der Waals surface area (Å²) in [5.41, 5.74) is 1.01. The molecule has 2 aromatic rings. The Labute approximate surface area is 127 Å². The molecule has 6 heteroatoms. The first-order chi connectivity index (χ1) is 10.3. The molecule has 1 aromatic carbocycles. The van der Waals surface area contributed by atoms with Gasteiger partial charge in [-0.25, -0.2) is 4.98 Å². The van der Waals surface area contributed by atoms with E-state index >= 15 is 0 Å². The van der Waals surface area contributed by atoms with E-state index in [9.17, 15) is 0 Å². The normalized spacial score (nSPS) is 12.9. The minimum Gasteiger partial charge on any atom is -0.493 e. The van der Waals surface area contributed by atoms with Crippen LogP contribution in [0.5, 0.6) is 17.2 Å². The number of halogens is 1. The number of anilines is 1. The number of pyridine rings is 1. The number of methoxy groups -OCH3 is 1. The molecule has 0 amide bonds. The molecule has 5 nitrogen and oxygen atoms in total. The third-order valence-corrected chi connectivity index (χ3v) is 3.29. The van der Waals surface area contributed by atoms with Crippen LogP contribution in [0, 0.1) is 0 Å². The molecule has 1 aliphatic heterocycles. The third-order valence-electron chi connectivity index (χ3n) is 3.08. The van der Waals surface area contributed by atoms with Crippen molar-refractivity contribution in [2.45, 2.75) is 6.54 Å². The first-order valence-electron chi connectivity index (χ1n) is 6.59. The lowest BCUT2D eigenvalue weighted by Gasteiger charge is -2.21. The predicted octanol–water partition coefficient (Wildman–Crippen LogP) is 3.13. The summed E-state index contributed by atoms with van der Waals surface area (Å²) in [5.74, 6) is 2.75. The Kier molecular flexibility index (Phi) is 4.01. The van der Waals surface area contributed by atoms with Gasteiger partial charge in [-0.3, -0.25) is 0 Å². The van der Waals surface area contributed by atoms with Crippen LogP contribution in [0.25, 0.3) is 0 Å². The van der Waals surface area contributed by atoms with Gasteiger partial charge in [0, 0.05) is 6.54 Å². The minimum absolute atomic E-state index is 0.458. The molecule has 21 heavy (non-hydrogen) atoms. The molecule has 0 spiro atoms. The van der Waals surface area contributed by atoms with Crippen LogP contribution in [0.2, 0.25) is 5.15 Å². The Hall–Kier alpha value is -2.14. The van der Waals surface area contributed by atoms with Gasteiger partial charge in [0.15, 0.2) is 11.5 Å². The number of rotatable bonds is 4. The van der Waals surface area contributed by atoms with Crippen molar-refractivity contribution in [2.75, 3.05) is 25.6 Å². The summed E-state index contributed by atoms with van der Waals surface area (Å²) in [7, 11) is 1.61. The van der Waals surface area contributed by atoms with E-state index in [1.165, 1.54) is 0 Å². The number of hydrogen-bond donors (Lipinski definition) is 1. The van der Waals surface area contributed by atoms with Crippen molar-refractivity contribution in [1.82, 2.24) is 4.98 Å². The molecule has 2 heterocycles. The van der Waals surface area contributed by atoms with Crippen LogP contribution in [0.4, 0.5) is 5.82 Å². The van der Waals surface area contributed by atoms with Gasteiger partial charge in [-0.15, -0.1) is 0 Å². The second-order valence-corrected chi connectivity index (χ2v) is 4.91. The quantitative estimate of drug-likeness (QED) is 0.880. The van der Waals surface area contributed by atoms with Crippen LogP contribution in [-0.4, -0.2) is 25.3 Å². The van der Waals surface area contributed by atoms with E-state index in [4.69, 9.17) is 25.8 Å². The van der Waals surface area contributed by atoms with Crippen LogP contribution in [0.15, 0.2) is 30.3 Å². The fourth-order valence-corrected chi connectivity index (χ4v) is 2.29. The average Bonchev–Trinajstić information content (AvgIpc) is 2.52. The van der Waals surface area contributed by atoms with Crippen molar-refractivity contribution >= 4 is 17.4 Å². The van der Waals surface area contributed by atoms with Crippen LogP contribution >= 0.6 is 11.6 Å². The second kappa shape index (κ2) is 6.10. The molecule has 0 fully saturated rings. The van der Waals surface area contributed by atoms with Crippen molar-refractivity contribution in [1.29, 1.82) is 0 Å². The van der Waals surface area contributed by atoms with E-state index in [1.54, 1.807) is 13.2 Å². The molecule has 0 bridgehead atoms. The Morgan fingerprint density at radius 2 is 2.14 bits per heavy atom. The number of hydrogen-bond acceptors (Lipinski definition) is 5. The van der Waals surface area contributed by atoms with Crippen molar-refractivity contribution in [3.05, 3.63) is 41.0 Å². The third kappa shape index (κ3) is 3.13. The Morgan fingerprint density at radius 1 is 1.29 bits per heavy atom. The van der Waals surface area contributed by atoms with E-state index < -0.39 is 0 Å². The fraction of sp³-hybridized carbons (Fsp3) is 0.267. The van der Waals surface area contributed by atoms with Crippen molar-refractivity contribution in [2.24, 2.45) is 0 Å². The van der Waals surface area contributed by atoms with Gasteiger partial charge >= 0.3 is 0 Å². The van der Waals surface area contributed by atoms with E-state index in [1.807, 2.05) is 24.3 Å². The highest BCUT2D eigenvalue weighted by Gasteiger charge is 2.18. The van der Waals surface area contributed by atoms with Crippen molar-refractivity contribution in [3.8, 4) is 17.2 Å². The molecule has 3 rings (SSSR count). The van der Waals surface area contributed by atoms with E-state index in [0.29, 0.717) is 42.2 Å². The van der Waals surface area contributed by atoms with Crippen LogP contribution in [-0.2, 0) is 6.54 Å².